The summed E-state index contributed by atoms with van der Waals surface area (Å²) in [7, 11) is 0. The first-order valence-electron chi connectivity index (χ1n) is 7.47. The third-order valence-corrected chi connectivity index (χ3v) is 3.82. The predicted octanol–water partition coefficient (Wildman–Crippen LogP) is 2.72. The highest BCUT2D eigenvalue weighted by Gasteiger charge is 2.18. The minimum absolute atomic E-state index is 0.415. The first-order chi connectivity index (χ1) is 10.8. The number of benzene rings is 1. The van der Waals surface area contributed by atoms with Crippen LogP contribution in [0.1, 0.15) is 25.3 Å². The summed E-state index contributed by atoms with van der Waals surface area (Å²) in [6.07, 6.45) is 4.13. The summed E-state index contributed by atoms with van der Waals surface area (Å²) in [5.41, 5.74) is 1.25. The molecule has 0 aliphatic carbocycles. The molecule has 1 N–H and O–H groups in total. The van der Waals surface area contributed by atoms with Crippen LogP contribution in [0.2, 0.25) is 0 Å². The van der Waals surface area contributed by atoms with E-state index in [1.54, 1.807) is 12.3 Å². The lowest BCUT2D eigenvalue weighted by molar-refractivity contribution is 0.444. The standard InChI is InChI=1S/C16H18N6/c1-12-5-4-8-22(11-12)15-10-18-21-16(20-15)19-14-7-3-2-6-13(14)9-17/h2-3,6-7,10,12H,4-5,8,11H2,1H3,(H,19,20,21). The number of nitrogens with one attached hydrogen (secondary N) is 1. The Hall–Kier alpha value is -2.68. The predicted molar refractivity (Wildman–Crippen MR) is 84.9 cm³/mol. The summed E-state index contributed by atoms with van der Waals surface area (Å²) in [6.45, 7) is 4.24. The number of piperidine rings is 1. The average molecular weight is 294 g/mol. The van der Waals surface area contributed by atoms with E-state index in [1.165, 1.54) is 12.8 Å². The van der Waals surface area contributed by atoms with Gasteiger partial charge in [-0.25, -0.2) is 0 Å². The van der Waals surface area contributed by atoms with Gasteiger partial charge in [-0.1, -0.05) is 19.1 Å². The van der Waals surface area contributed by atoms with Crippen LogP contribution in [0, 0.1) is 17.2 Å². The number of para-hydroxylation sites is 1. The molecule has 6 heteroatoms. The van der Waals surface area contributed by atoms with Gasteiger partial charge in [0.2, 0.25) is 5.95 Å². The summed E-state index contributed by atoms with van der Waals surface area (Å²) in [5.74, 6) is 1.91. The molecule has 22 heavy (non-hydrogen) atoms. The molecular weight excluding hydrogens is 276 g/mol. The Morgan fingerprint density at radius 1 is 1.36 bits per heavy atom. The molecule has 1 aliphatic rings. The second kappa shape index (κ2) is 6.39. The molecule has 3 rings (SSSR count). The SMILES string of the molecule is CC1CCCN(c2cnnc(Nc3ccccc3C#N)n2)C1. The number of nitriles is 1. The van der Waals surface area contributed by atoms with Crippen LogP contribution in [0.25, 0.3) is 0 Å². The van der Waals surface area contributed by atoms with Gasteiger partial charge in [-0.2, -0.15) is 15.3 Å². The smallest absolute Gasteiger partial charge is 0.249 e. The average Bonchev–Trinajstić information content (AvgIpc) is 2.56. The zero-order valence-electron chi connectivity index (χ0n) is 12.5. The van der Waals surface area contributed by atoms with Crippen molar-refractivity contribution in [1.29, 1.82) is 5.26 Å². The van der Waals surface area contributed by atoms with E-state index in [9.17, 15) is 0 Å². The molecule has 1 aromatic carbocycles. The van der Waals surface area contributed by atoms with Crippen LogP contribution in [0.5, 0.6) is 0 Å². The number of rotatable bonds is 3. The van der Waals surface area contributed by atoms with E-state index in [-0.39, 0.29) is 0 Å². The van der Waals surface area contributed by atoms with Crippen LogP contribution in [0.15, 0.2) is 30.5 Å². The van der Waals surface area contributed by atoms with Crippen molar-refractivity contribution in [2.24, 2.45) is 5.92 Å². The molecule has 112 valence electrons. The van der Waals surface area contributed by atoms with Crippen molar-refractivity contribution in [3.8, 4) is 6.07 Å². The lowest BCUT2D eigenvalue weighted by Gasteiger charge is -2.31. The number of hydrogen-bond acceptors (Lipinski definition) is 6. The molecule has 1 saturated heterocycles. The molecule has 1 unspecified atom stereocenters. The monoisotopic (exact) mass is 294 g/mol. The first-order valence-corrected chi connectivity index (χ1v) is 7.47. The molecular formula is C16H18N6. The Morgan fingerprint density at radius 2 is 2.23 bits per heavy atom. The molecule has 1 atom stereocenters. The Balaban J connectivity index is 1.81. The normalized spacial score (nSPS) is 17.8. The fourth-order valence-corrected chi connectivity index (χ4v) is 2.71. The Kier molecular flexibility index (Phi) is 4.15. The third kappa shape index (κ3) is 3.14. The van der Waals surface area contributed by atoms with Crippen molar-refractivity contribution in [1.82, 2.24) is 15.2 Å². The molecule has 0 amide bonds. The Labute approximate surface area is 129 Å². The maximum Gasteiger partial charge on any atom is 0.249 e. The summed E-state index contributed by atoms with van der Waals surface area (Å²) in [6, 6.07) is 9.43. The molecule has 1 aliphatic heterocycles. The lowest BCUT2D eigenvalue weighted by Crippen LogP contribution is -2.35. The van der Waals surface area contributed by atoms with Gasteiger partial charge in [0, 0.05) is 13.1 Å². The fraction of sp³-hybridized carbons (Fsp3) is 0.375. The van der Waals surface area contributed by atoms with E-state index in [4.69, 9.17) is 5.26 Å². The van der Waals surface area contributed by atoms with Gasteiger partial charge in [-0.05, 0) is 30.9 Å². The third-order valence-electron chi connectivity index (χ3n) is 3.82. The first kappa shape index (κ1) is 14.3. The van der Waals surface area contributed by atoms with Gasteiger partial charge in [0.1, 0.15) is 6.07 Å². The van der Waals surface area contributed by atoms with Crippen LogP contribution in [0.4, 0.5) is 17.5 Å². The lowest BCUT2D eigenvalue weighted by atomic mass is 10.0. The highest BCUT2D eigenvalue weighted by atomic mass is 15.3. The van der Waals surface area contributed by atoms with Gasteiger partial charge in [0.15, 0.2) is 5.82 Å². The van der Waals surface area contributed by atoms with E-state index >= 15 is 0 Å². The molecule has 6 nitrogen and oxygen atoms in total. The Bertz CT molecular complexity index is 693. The summed E-state index contributed by atoms with van der Waals surface area (Å²) in [5, 5.41) is 20.3. The Morgan fingerprint density at radius 3 is 3.05 bits per heavy atom. The van der Waals surface area contributed by atoms with Crippen molar-refractivity contribution in [2.45, 2.75) is 19.8 Å². The number of anilines is 3. The van der Waals surface area contributed by atoms with Gasteiger partial charge in [0.05, 0.1) is 17.4 Å². The summed E-state index contributed by atoms with van der Waals surface area (Å²) >= 11 is 0. The van der Waals surface area contributed by atoms with Crippen molar-refractivity contribution in [2.75, 3.05) is 23.3 Å². The second-order valence-corrected chi connectivity index (χ2v) is 5.61. The van der Waals surface area contributed by atoms with E-state index in [0.717, 1.165) is 18.9 Å². The van der Waals surface area contributed by atoms with Crippen molar-refractivity contribution < 1.29 is 0 Å². The van der Waals surface area contributed by atoms with Gasteiger partial charge < -0.3 is 10.2 Å². The maximum absolute atomic E-state index is 9.13. The molecule has 2 heterocycles. The van der Waals surface area contributed by atoms with E-state index in [1.807, 2.05) is 18.2 Å². The number of aromatic nitrogens is 3. The molecule has 0 bridgehead atoms. The number of hydrogen-bond donors (Lipinski definition) is 1. The second-order valence-electron chi connectivity index (χ2n) is 5.61. The zero-order valence-corrected chi connectivity index (χ0v) is 12.5. The van der Waals surface area contributed by atoms with Gasteiger partial charge in [-0.15, -0.1) is 5.10 Å². The number of nitrogens with zero attached hydrogens (tertiary/aromatic N) is 5. The topological polar surface area (TPSA) is 77.7 Å². The molecule has 0 spiro atoms. The maximum atomic E-state index is 9.13. The summed E-state index contributed by atoms with van der Waals surface area (Å²) < 4.78 is 0. The molecule has 0 radical (unpaired) electrons. The quantitative estimate of drug-likeness (QED) is 0.937. The van der Waals surface area contributed by atoms with Gasteiger partial charge >= 0.3 is 0 Å². The van der Waals surface area contributed by atoms with Gasteiger partial charge in [-0.3, -0.25) is 0 Å². The van der Waals surface area contributed by atoms with Crippen molar-refractivity contribution in [3.05, 3.63) is 36.0 Å². The fourth-order valence-electron chi connectivity index (χ4n) is 2.71. The van der Waals surface area contributed by atoms with Crippen LogP contribution >= 0.6 is 0 Å². The van der Waals surface area contributed by atoms with Crippen LogP contribution in [-0.2, 0) is 0 Å². The minimum atomic E-state index is 0.415. The highest BCUT2D eigenvalue weighted by Crippen LogP contribution is 2.22. The largest absolute Gasteiger partial charge is 0.355 e. The van der Waals surface area contributed by atoms with Gasteiger partial charge in [0.25, 0.3) is 0 Å². The van der Waals surface area contributed by atoms with E-state index in [0.29, 0.717) is 23.1 Å². The molecule has 1 aromatic heterocycles. The molecule has 2 aromatic rings. The summed E-state index contributed by atoms with van der Waals surface area (Å²) in [4.78, 5) is 6.77. The highest BCUT2D eigenvalue weighted by molar-refractivity contribution is 5.63. The van der Waals surface area contributed by atoms with Crippen molar-refractivity contribution in [3.63, 3.8) is 0 Å². The van der Waals surface area contributed by atoms with Crippen LogP contribution in [-0.4, -0.2) is 28.3 Å². The molecule has 1 fully saturated rings. The minimum Gasteiger partial charge on any atom is -0.355 e. The van der Waals surface area contributed by atoms with Crippen LogP contribution in [0.3, 0.4) is 0 Å². The molecule has 0 saturated carbocycles. The van der Waals surface area contributed by atoms with E-state index < -0.39 is 0 Å². The van der Waals surface area contributed by atoms with E-state index in [2.05, 4.69) is 38.4 Å². The van der Waals surface area contributed by atoms with Crippen LogP contribution < -0.4 is 10.2 Å². The van der Waals surface area contributed by atoms with Crippen molar-refractivity contribution >= 4 is 17.5 Å². The zero-order chi connectivity index (χ0) is 15.4.